The minimum atomic E-state index is -1.16. The normalized spacial score (nSPS) is 10.3. The molecule has 0 atom stereocenters. The van der Waals surface area contributed by atoms with Crippen LogP contribution in [0.4, 0.5) is 10.1 Å². The number of hydrogen-bond donors (Lipinski definition) is 2. The van der Waals surface area contributed by atoms with E-state index in [1.807, 2.05) is 6.92 Å². The number of anilines is 1. The molecule has 0 saturated heterocycles. The molecule has 2 rings (SSSR count). The van der Waals surface area contributed by atoms with Crippen molar-refractivity contribution in [3.05, 3.63) is 45.7 Å². The maximum Gasteiger partial charge on any atom is 0.337 e. The van der Waals surface area contributed by atoms with Gasteiger partial charge in [0.05, 0.1) is 17.8 Å². The number of carbonyl (C=O) groups is 1. The van der Waals surface area contributed by atoms with Crippen LogP contribution in [0.5, 0.6) is 0 Å². The summed E-state index contributed by atoms with van der Waals surface area (Å²) in [5.74, 6) is -1.74. The number of hydrogen-bond acceptors (Lipinski definition) is 4. The molecule has 0 spiro atoms. The van der Waals surface area contributed by atoms with Gasteiger partial charge in [-0.05, 0) is 19.1 Å². The fourth-order valence-corrected chi connectivity index (χ4v) is 2.26. The van der Waals surface area contributed by atoms with Crippen LogP contribution in [0.25, 0.3) is 0 Å². The molecule has 1 aromatic carbocycles. The number of aryl methyl sites for hydroxylation is 1. The van der Waals surface area contributed by atoms with Gasteiger partial charge in [-0.15, -0.1) is 11.3 Å². The largest absolute Gasteiger partial charge is 0.478 e. The number of nitrogens with one attached hydrogen (secondary N) is 1. The van der Waals surface area contributed by atoms with E-state index >= 15 is 0 Å². The van der Waals surface area contributed by atoms with Crippen LogP contribution < -0.4 is 5.32 Å². The molecule has 0 radical (unpaired) electrons. The van der Waals surface area contributed by atoms with E-state index in [-0.39, 0.29) is 11.3 Å². The fourth-order valence-electron chi connectivity index (χ4n) is 1.53. The average molecular weight is 266 g/mol. The molecule has 18 heavy (non-hydrogen) atoms. The van der Waals surface area contributed by atoms with Gasteiger partial charge < -0.3 is 10.4 Å². The summed E-state index contributed by atoms with van der Waals surface area (Å²) in [5, 5.41) is 12.5. The molecule has 0 aliphatic carbocycles. The molecule has 0 amide bonds. The first-order valence-corrected chi connectivity index (χ1v) is 6.06. The van der Waals surface area contributed by atoms with Crippen molar-refractivity contribution in [2.24, 2.45) is 0 Å². The number of halogens is 1. The number of aromatic carboxylic acids is 1. The molecule has 94 valence electrons. The van der Waals surface area contributed by atoms with Gasteiger partial charge in [0, 0.05) is 11.1 Å². The van der Waals surface area contributed by atoms with Crippen molar-refractivity contribution in [3.8, 4) is 0 Å². The minimum absolute atomic E-state index is 0.00199. The number of carboxylic acids is 1. The Hall–Kier alpha value is -1.95. The average Bonchev–Trinajstić information content (AvgIpc) is 2.73. The highest BCUT2D eigenvalue weighted by molar-refractivity contribution is 7.11. The number of carboxylic acid groups (broad SMARTS) is 1. The number of aromatic nitrogens is 1. The highest BCUT2D eigenvalue weighted by atomic mass is 32.1. The van der Waals surface area contributed by atoms with E-state index in [4.69, 9.17) is 5.11 Å². The summed E-state index contributed by atoms with van der Waals surface area (Å²) in [4.78, 5) is 16.1. The molecule has 1 heterocycles. The zero-order valence-corrected chi connectivity index (χ0v) is 10.4. The van der Waals surface area contributed by atoms with Gasteiger partial charge in [-0.25, -0.2) is 14.2 Å². The van der Waals surface area contributed by atoms with Gasteiger partial charge in [-0.2, -0.15) is 0 Å². The summed E-state index contributed by atoms with van der Waals surface area (Å²) in [7, 11) is 0. The van der Waals surface area contributed by atoms with E-state index in [1.54, 1.807) is 6.20 Å². The molecule has 4 nitrogen and oxygen atoms in total. The van der Waals surface area contributed by atoms with Crippen molar-refractivity contribution in [3.63, 3.8) is 0 Å². The predicted molar refractivity (Wildman–Crippen MR) is 67.5 cm³/mol. The predicted octanol–water partition coefficient (Wildman–Crippen LogP) is 2.90. The van der Waals surface area contributed by atoms with Gasteiger partial charge in [0.25, 0.3) is 0 Å². The standard InChI is InChI=1S/C12H11FN2O2S/c1-7-5-14-10(18-7)6-15-11-8(12(16)17)3-2-4-9(11)13/h2-5,15H,6H2,1H3,(H,16,17). The zero-order chi connectivity index (χ0) is 13.1. The van der Waals surface area contributed by atoms with Crippen LogP contribution in [0.1, 0.15) is 20.2 Å². The Bertz CT molecular complexity index is 583. The highest BCUT2D eigenvalue weighted by Crippen LogP contribution is 2.21. The maximum absolute atomic E-state index is 13.6. The lowest BCUT2D eigenvalue weighted by Crippen LogP contribution is -2.08. The van der Waals surface area contributed by atoms with E-state index in [1.165, 1.54) is 29.5 Å². The lowest BCUT2D eigenvalue weighted by molar-refractivity contribution is 0.0697. The van der Waals surface area contributed by atoms with E-state index in [0.717, 1.165) is 9.88 Å². The van der Waals surface area contributed by atoms with E-state index in [9.17, 15) is 9.18 Å². The Morgan fingerprint density at radius 2 is 2.33 bits per heavy atom. The van der Waals surface area contributed by atoms with Gasteiger partial charge >= 0.3 is 5.97 Å². The Morgan fingerprint density at radius 3 is 2.94 bits per heavy atom. The van der Waals surface area contributed by atoms with E-state index in [2.05, 4.69) is 10.3 Å². The van der Waals surface area contributed by atoms with Gasteiger partial charge in [-0.1, -0.05) is 6.07 Å². The van der Waals surface area contributed by atoms with Crippen molar-refractivity contribution in [1.29, 1.82) is 0 Å². The van der Waals surface area contributed by atoms with Crippen LogP contribution in [0.2, 0.25) is 0 Å². The lowest BCUT2D eigenvalue weighted by atomic mass is 10.1. The smallest absolute Gasteiger partial charge is 0.337 e. The van der Waals surface area contributed by atoms with Crippen LogP contribution in [-0.2, 0) is 6.54 Å². The molecule has 0 aliphatic heterocycles. The fraction of sp³-hybridized carbons (Fsp3) is 0.167. The summed E-state index contributed by atoms with van der Waals surface area (Å²) in [6.07, 6.45) is 1.72. The Balaban J connectivity index is 2.20. The first kappa shape index (κ1) is 12.5. The quantitative estimate of drug-likeness (QED) is 0.893. The van der Waals surface area contributed by atoms with Crippen LogP contribution >= 0.6 is 11.3 Å². The Labute approximate surface area is 107 Å². The Morgan fingerprint density at radius 1 is 1.56 bits per heavy atom. The molecule has 0 bridgehead atoms. The summed E-state index contributed by atoms with van der Waals surface area (Å²) in [6, 6.07) is 3.96. The third-order valence-electron chi connectivity index (χ3n) is 2.33. The number of nitrogens with zero attached hydrogens (tertiary/aromatic N) is 1. The van der Waals surface area contributed by atoms with Crippen LogP contribution in [-0.4, -0.2) is 16.1 Å². The highest BCUT2D eigenvalue weighted by Gasteiger charge is 2.14. The molecular formula is C12H11FN2O2S. The SMILES string of the molecule is Cc1cnc(CNc2c(F)cccc2C(=O)O)s1. The molecular weight excluding hydrogens is 255 g/mol. The number of thiazole rings is 1. The second kappa shape index (κ2) is 5.14. The molecule has 0 fully saturated rings. The van der Waals surface area contributed by atoms with Crippen molar-refractivity contribution in [2.45, 2.75) is 13.5 Å². The third kappa shape index (κ3) is 2.65. The molecule has 1 aromatic heterocycles. The zero-order valence-electron chi connectivity index (χ0n) is 9.61. The topological polar surface area (TPSA) is 62.2 Å². The number of para-hydroxylation sites is 1. The number of rotatable bonds is 4. The molecule has 6 heteroatoms. The summed E-state index contributed by atoms with van der Waals surface area (Å²) < 4.78 is 13.6. The number of benzene rings is 1. The monoisotopic (exact) mass is 266 g/mol. The van der Waals surface area contributed by atoms with Crippen LogP contribution in [0.3, 0.4) is 0 Å². The second-order valence-corrected chi connectivity index (χ2v) is 5.01. The van der Waals surface area contributed by atoms with Crippen LogP contribution in [0.15, 0.2) is 24.4 Å². The van der Waals surface area contributed by atoms with E-state index < -0.39 is 11.8 Å². The second-order valence-electron chi connectivity index (χ2n) is 3.69. The molecule has 0 unspecified atom stereocenters. The molecule has 2 aromatic rings. The Kier molecular flexibility index (Phi) is 3.57. The lowest BCUT2D eigenvalue weighted by Gasteiger charge is -2.09. The summed E-state index contributed by atoms with van der Waals surface area (Å²) in [6.45, 7) is 2.23. The van der Waals surface area contributed by atoms with Crippen molar-refractivity contribution < 1.29 is 14.3 Å². The van der Waals surface area contributed by atoms with Gasteiger partial charge in [0.15, 0.2) is 0 Å². The molecule has 0 aliphatic rings. The maximum atomic E-state index is 13.6. The van der Waals surface area contributed by atoms with Gasteiger partial charge in [-0.3, -0.25) is 0 Å². The third-order valence-corrected chi connectivity index (χ3v) is 3.24. The summed E-state index contributed by atoms with van der Waals surface area (Å²) in [5.41, 5.74) is -0.0823. The van der Waals surface area contributed by atoms with Crippen molar-refractivity contribution in [1.82, 2.24) is 4.98 Å². The first-order valence-electron chi connectivity index (χ1n) is 5.25. The van der Waals surface area contributed by atoms with E-state index in [0.29, 0.717) is 6.54 Å². The van der Waals surface area contributed by atoms with Gasteiger partial charge in [0.2, 0.25) is 0 Å². The first-order chi connectivity index (χ1) is 8.58. The molecule has 2 N–H and O–H groups in total. The van der Waals surface area contributed by atoms with Gasteiger partial charge in [0.1, 0.15) is 10.8 Å². The van der Waals surface area contributed by atoms with Crippen LogP contribution in [0, 0.1) is 12.7 Å². The van der Waals surface area contributed by atoms with Crippen molar-refractivity contribution >= 4 is 23.0 Å². The van der Waals surface area contributed by atoms with Crippen molar-refractivity contribution in [2.75, 3.05) is 5.32 Å². The minimum Gasteiger partial charge on any atom is -0.478 e. The summed E-state index contributed by atoms with van der Waals surface area (Å²) >= 11 is 1.48. The molecule has 0 saturated carbocycles.